The van der Waals surface area contributed by atoms with Crippen LogP contribution in [0.5, 0.6) is 0 Å². The van der Waals surface area contributed by atoms with E-state index < -0.39 is 5.97 Å². The van der Waals surface area contributed by atoms with Crippen LogP contribution in [-0.4, -0.2) is 44.6 Å². The molecular weight excluding hydrogens is 200 g/mol. The second-order valence-electron chi connectivity index (χ2n) is 2.73. The summed E-state index contributed by atoms with van der Waals surface area (Å²) >= 11 is 0. The molecule has 0 radical (unpaired) electrons. The van der Waals surface area contributed by atoms with Crippen molar-refractivity contribution in [2.24, 2.45) is 0 Å². The largest absolute Gasteiger partial charge is 0.328 e. The van der Waals surface area contributed by atoms with E-state index in [2.05, 4.69) is 0 Å². The molecule has 0 aromatic heterocycles. The maximum Gasteiger partial charge on any atom is 0.279 e. The van der Waals surface area contributed by atoms with E-state index in [1.165, 1.54) is 9.76 Å². The van der Waals surface area contributed by atoms with E-state index in [0.29, 0.717) is 19.8 Å². The Kier molecular flexibility index (Phi) is 7.88. The molecule has 0 saturated heterocycles. The van der Waals surface area contributed by atoms with E-state index in [1.807, 2.05) is 20.8 Å². The van der Waals surface area contributed by atoms with Crippen LogP contribution in [0.3, 0.4) is 0 Å². The fourth-order valence-electron chi connectivity index (χ4n) is 1.31. The van der Waals surface area contributed by atoms with E-state index in [1.54, 1.807) is 0 Å². The molecule has 0 rings (SSSR count). The van der Waals surface area contributed by atoms with Gasteiger partial charge in [0, 0.05) is 34.9 Å². The molecule has 0 aromatic carbocycles. The third-order valence-electron chi connectivity index (χ3n) is 1.65. The van der Waals surface area contributed by atoms with Crippen molar-refractivity contribution in [1.82, 2.24) is 0 Å². The molecule has 0 aromatic rings. The van der Waals surface area contributed by atoms with Crippen LogP contribution in [0.4, 0.5) is 0 Å². The summed E-state index contributed by atoms with van der Waals surface area (Å²) in [6.07, 6.45) is 0. The number of ether oxygens (including phenoxy) is 3. The zero-order valence-corrected chi connectivity index (χ0v) is 12.7. The van der Waals surface area contributed by atoms with E-state index in [9.17, 15) is 0 Å². The number of rotatable bonds is 8. The van der Waals surface area contributed by atoms with E-state index in [4.69, 9.17) is 14.2 Å². The quantitative estimate of drug-likeness (QED) is 0.414. The van der Waals surface area contributed by atoms with Crippen molar-refractivity contribution >= 4 is 18.8 Å². The monoisotopic (exact) mass is 222 g/mol. The van der Waals surface area contributed by atoms with Crippen LogP contribution < -0.4 is 0 Å². The SMILES string of the molecule is CCOC(C[SiH2][SiH3])(OCC)OCC. The molecule has 0 spiro atoms. The molecule has 0 unspecified atom stereocenters. The maximum absolute atomic E-state index is 5.56. The average molecular weight is 222 g/mol. The first-order valence-corrected chi connectivity index (χ1v) is 11.8. The minimum atomic E-state index is -0.702. The Balaban J connectivity index is 4.19. The lowest BCUT2D eigenvalue weighted by molar-refractivity contribution is -0.365. The predicted octanol–water partition coefficient (Wildman–Crippen LogP) is -0.383. The Hall–Kier alpha value is 0.314. The van der Waals surface area contributed by atoms with Crippen molar-refractivity contribution in [3.63, 3.8) is 0 Å². The van der Waals surface area contributed by atoms with E-state index in [-0.39, 0.29) is 9.04 Å². The first-order chi connectivity index (χ1) is 6.24. The molecule has 80 valence electrons. The molecule has 0 aliphatic carbocycles. The lowest BCUT2D eigenvalue weighted by Gasteiger charge is -2.32. The highest BCUT2D eigenvalue weighted by Gasteiger charge is 2.30. The second-order valence-corrected chi connectivity index (χ2v) is 7.23. The van der Waals surface area contributed by atoms with Gasteiger partial charge in [-0.1, -0.05) is 0 Å². The van der Waals surface area contributed by atoms with Gasteiger partial charge in [0.1, 0.15) is 0 Å². The Bertz CT molecular complexity index is 92.4. The highest BCUT2D eigenvalue weighted by Crippen LogP contribution is 2.19. The molecule has 0 heterocycles. The van der Waals surface area contributed by atoms with Crippen LogP contribution in [-0.2, 0) is 14.2 Å². The summed E-state index contributed by atoms with van der Waals surface area (Å²) in [7, 11) is 1.30. The Morgan fingerprint density at radius 2 is 1.38 bits per heavy atom. The third kappa shape index (κ3) is 4.92. The first kappa shape index (κ1) is 13.3. The Morgan fingerprint density at radius 1 is 1.00 bits per heavy atom. The van der Waals surface area contributed by atoms with Gasteiger partial charge in [0.15, 0.2) is 0 Å². The van der Waals surface area contributed by atoms with Gasteiger partial charge in [0.25, 0.3) is 5.97 Å². The van der Waals surface area contributed by atoms with Gasteiger partial charge in [-0.15, -0.1) is 0 Å². The lowest BCUT2D eigenvalue weighted by Crippen LogP contribution is -2.40. The Labute approximate surface area is 86.2 Å². The standard InChI is InChI=1S/C8H22O3Si2/c1-4-9-8(7-13-12,10-5-2)11-6-3/h4-7,13H2,1-3,12H3. The van der Waals surface area contributed by atoms with Gasteiger partial charge in [0.05, 0.1) is 0 Å². The molecule has 3 nitrogen and oxygen atoms in total. The molecule has 13 heavy (non-hydrogen) atoms. The summed E-state index contributed by atoms with van der Waals surface area (Å²) < 4.78 is 16.7. The van der Waals surface area contributed by atoms with Crippen molar-refractivity contribution in [2.75, 3.05) is 19.8 Å². The highest BCUT2D eigenvalue weighted by molar-refractivity contribution is 6.89. The van der Waals surface area contributed by atoms with Gasteiger partial charge in [-0.25, -0.2) is 0 Å². The molecule has 0 bridgehead atoms. The summed E-state index contributed by atoms with van der Waals surface area (Å²) in [5.41, 5.74) is 0. The van der Waals surface area contributed by atoms with Crippen molar-refractivity contribution in [2.45, 2.75) is 32.8 Å². The van der Waals surface area contributed by atoms with Crippen LogP contribution in [0.15, 0.2) is 0 Å². The maximum atomic E-state index is 5.56. The minimum Gasteiger partial charge on any atom is -0.328 e. The zero-order valence-electron chi connectivity index (χ0n) is 9.26. The lowest BCUT2D eigenvalue weighted by atomic mass is 10.6. The fourth-order valence-corrected chi connectivity index (χ4v) is 4.19. The molecule has 5 heteroatoms. The summed E-state index contributed by atoms with van der Waals surface area (Å²) in [4.78, 5) is 0. The number of hydrogen-bond donors (Lipinski definition) is 0. The molecule has 0 amide bonds. The van der Waals surface area contributed by atoms with Gasteiger partial charge in [-0.2, -0.15) is 0 Å². The zero-order chi connectivity index (χ0) is 10.2. The van der Waals surface area contributed by atoms with Crippen LogP contribution in [0.25, 0.3) is 0 Å². The molecular formula is C8H22O3Si2. The van der Waals surface area contributed by atoms with Gasteiger partial charge >= 0.3 is 0 Å². The number of hydrogen-bond acceptors (Lipinski definition) is 3. The van der Waals surface area contributed by atoms with Crippen molar-refractivity contribution in [3.05, 3.63) is 0 Å². The smallest absolute Gasteiger partial charge is 0.279 e. The Morgan fingerprint density at radius 3 is 1.62 bits per heavy atom. The molecule has 0 aliphatic heterocycles. The normalized spacial score (nSPS) is 13.2. The highest BCUT2D eigenvalue weighted by atomic mass is 29.1. The van der Waals surface area contributed by atoms with Gasteiger partial charge in [0.2, 0.25) is 0 Å². The third-order valence-corrected chi connectivity index (χ3v) is 4.26. The van der Waals surface area contributed by atoms with Crippen LogP contribution in [0.2, 0.25) is 6.04 Å². The predicted molar refractivity (Wildman–Crippen MR) is 60.9 cm³/mol. The van der Waals surface area contributed by atoms with Gasteiger partial charge in [-0.05, 0) is 30.5 Å². The molecule has 0 fully saturated rings. The molecule has 0 aliphatic rings. The molecule has 0 N–H and O–H groups in total. The average Bonchev–Trinajstić information content (AvgIpc) is 2.06. The second kappa shape index (κ2) is 7.69. The van der Waals surface area contributed by atoms with Crippen molar-refractivity contribution in [3.8, 4) is 0 Å². The van der Waals surface area contributed by atoms with Crippen LogP contribution in [0.1, 0.15) is 20.8 Å². The molecule has 0 saturated carbocycles. The summed E-state index contributed by atoms with van der Waals surface area (Å²) in [5.74, 6) is -0.702. The summed E-state index contributed by atoms with van der Waals surface area (Å²) in [6, 6.07) is 0.981. The van der Waals surface area contributed by atoms with E-state index in [0.717, 1.165) is 6.04 Å². The summed E-state index contributed by atoms with van der Waals surface area (Å²) in [6.45, 7) is 7.87. The van der Waals surface area contributed by atoms with E-state index >= 15 is 0 Å². The fraction of sp³-hybridized carbons (Fsp3) is 1.00. The summed E-state index contributed by atoms with van der Waals surface area (Å²) in [5, 5.41) is 0. The van der Waals surface area contributed by atoms with Gasteiger partial charge in [-0.3, -0.25) is 0 Å². The minimum absolute atomic E-state index is 0.0128. The van der Waals surface area contributed by atoms with Crippen molar-refractivity contribution < 1.29 is 14.2 Å². The van der Waals surface area contributed by atoms with Crippen LogP contribution >= 0.6 is 0 Å². The molecule has 0 atom stereocenters. The topological polar surface area (TPSA) is 27.7 Å². The van der Waals surface area contributed by atoms with Crippen LogP contribution in [0, 0.1) is 0 Å². The van der Waals surface area contributed by atoms with Gasteiger partial charge < -0.3 is 14.2 Å². The van der Waals surface area contributed by atoms with Crippen molar-refractivity contribution in [1.29, 1.82) is 0 Å². The first-order valence-electron chi connectivity index (χ1n) is 5.16.